The number of aromatic nitrogens is 4. The Morgan fingerprint density at radius 1 is 1.12 bits per heavy atom. The van der Waals surface area contributed by atoms with Crippen LogP contribution in [0, 0.1) is 0 Å². The summed E-state index contributed by atoms with van der Waals surface area (Å²) in [4.78, 5) is 16.3. The predicted octanol–water partition coefficient (Wildman–Crippen LogP) is 3.71. The first-order chi connectivity index (χ1) is 16.1. The van der Waals surface area contributed by atoms with E-state index in [1.807, 2.05) is 49.6 Å². The minimum absolute atomic E-state index is 0.385. The van der Waals surface area contributed by atoms with Crippen LogP contribution in [-0.4, -0.2) is 51.4 Å². The van der Waals surface area contributed by atoms with E-state index in [0.29, 0.717) is 23.3 Å². The Kier molecular flexibility index (Phi) is 6.15. The van der Waals surface area contributed by atoms with E-state index in [-0.39, 0.29) is 0 Å². The normalized spacial score (nSPS) is 16.3. The summed E-state index contributed by atoms with van der Waals surface area (Å²) >= 11 is 0. The van der Waals surface area contributed by atoms with Gasteiger partial charge in [-0.3, -0.25) is 4.40 Å². The van der Waals surface area contributed by atoms with Gasteiger partial charge >= 0.3 is 0 Å². The highest BCUT2D eigenvalue weighted by Gasteiger charge is 2.27. The van der Waals surface area contributed by atoms with Crippen molar-refractivity contribution in [1.29, 1.82) is 0 Å². The minimum Gasteiger partial charge on any atom is -0.476 e. The maximum Gasteiger partial charge on any atom is 0.226 e. The molecule has 1 N–H and O–H groups in total. The van der Waals surface area contributed by atoms with Crippen molar-refractivity contribution in [2.75, 3.05) is 32.5 Å². The monoisotopic (exact) mass is 480 g/mol. The molecule has 33 heavy (non-hydrogen) atoms. The predicted molar refractivity (Wildman–Crippen MR) is 137 cm³/mol. The molecule has 3 atom stereocenters. The van der Waals surface area contributed by atoms with E-state index in [9.17, 15) is 0 Å². The van der Waals surface area contributed by atoms with Crippen LogP contribution in [0.5, 0.6) is 17.4 Å². The molecule has 4 aromatic rings. The van der Waals surface area contributed by atoms with Crippen molar-refractivity contribution in [1.82, 2.24) is 24.3 Å². The molecule has 3 unspecified atom stereocenters. The minimum atomic E-state index is 0.385. The van der Waals surface area contributed by atoms with Crippen LogP contribution in [0.2, 0.25) is 0 Å². The molecule has 0 saturated carbocycles. The van der Waals surface area contributed by atoms with Crippen LogP contribution < -0.4 is 19.9 Å². The number of fused-ring (bicyclic) bond motifs is 1. The number of pyridine rings is 1. The first-order valence-corrected chi connectivity index (χ1v) is 11.8. The van der Waals surface area contributed by atoms with Gasteiger partial charge in [0.15, 0.2) is 11.5 Å². The second-order valence-corrected chi connectivity index (χ2v) is 8.94. The van der Waals surface area contributed by atoms with Gasteiger partial charge in [0.1, 0.15) is 5.82 Å². The van der Waals surface area contributed by atoms with Gasteiger partial charge < -0.3 is 19.5 Å². The van der Waals surface area contributed by atoms with Crippen molar-refractivity contribution >= 4 is 35.5 Å². The van der Waals surface area contributed by atoms with Crippen molar-refractivity contribution in [3.63, 3.8) is 0 Å². The highest BCUT2D eigenvalue weighted by Crippen LogP contribution is 2.38. The van der Waals surface area contributed by atoms with Crippen LogP contribution in [0.3, 0.4) is 0 Å². The fourth-order valence-electron chi connectivity index (χ4n) is 4.31. The van der Waals surface area contributed by atoms with Gasteiger partial charge in [-0.1, -0.05) is 9.24 Å². The number of nitrogens with zero attached hydrogens (tertiary/aromatic N) is 5. The lowest BCUT2D eigenvalue weighted by Crippen LogP contribution is -2.13. The largest absolute Gasteiger partial charge is 0.476 e. The Hall–Kier alpha value is -2.79. The molecule has 1 saturated heterocycles. The SMILES string of the molecule is CNc1nccc2c(C3CCN(C)C3)nc(-c3ccc(Oc4ncccc4P)c(OP)c3)n12. The van der Waals surface area contributed by atoms with Crippen molar-refractivity contribution in [3.05, 3.63) is 54.5 Å². The topological polar surface area (TPSA) is 76.8 Å². The number of anilines is 1. The fraction of sp³-hybridized carbons (Fsp3) is 0.261. The number of hydrogen-bond donors (Lipinski definition) is 1. The third-order valence-corrected chi connectivity index (χ3v) is 6.61. The Bertz CT molecular complexity index is 1310. The van der Waals surface area contributed by atoms with Crippen LogP contribution in [-0.2, 0) is 0 Å². The number of hydrogen-bond acceptors (Lipinski definition) is 7. The molecule has 0 amide bonds. The van der Waals surface area contributed by atoms with Crippen molar-refractivity contribution in [3.8, 4) is 28.8 Å². The number of nitrogens with one attached hydrogen (secondary N) is 1. The van der Waals surface area contributed by atoms with E-state index in [1.165, 1.54) is 0 Å². The molecule has 0 spiro atoms. The van der Waals surface area contributed by atoms with Crippen LogP contribution in [0.15, 0.2) is 48.8 Å². The van der Waals surface area contributed by atoms with E-state index < -0.39 is 0 Å². The first kappa shape index (κ1) is 22.0. The average Bonchev–Trinajstić information content (AvgIpc) is 3.44. The lowest BCUT2D eigenvalue weighted by Gasteiger charge is -2.12. The lowest BCUT2D eigenvalue weighted by atomic mass is 10.0. The molecule has 1 fully saturated rings. The van der Waals surface area contributed by atoms with Gasteiger partial charge in [0, 0.05) is 42.8 Å². The molecule has 0 bridgehead atoms. The van der Waals surface area contributed by atoms with Crippen LogP contribution in [0.1, 0.15) is 18.0 Å². The zero-order valence-corrected chi connectivity index (χ0v) is 20.8. The molecule has 0 radical (unpaired) electrons. The second kappa shape index (κ2) is 9.22. The van der Waals surface area contributed by atoms with Crippen LogP contribution in [0.25, 0.3) is 16.9 Å². The molecule has 5 rings (SSSR count). The van der Waals surface area contributed by atoms with Crippen LogP contribution in [0.4, 0.5) is 5.95 Å². The first-order valence-electron chi connectivity index (χ1n) is 10.7. The van der Waals surface area contributed by atoms with Crippen molar-refractivity contribution in [2.24, 2.45) is 0 Å². The third kappa shape index (κ3) is 4.15. The fourth-order valence-corrected chi connectivity index (χ4v) is 4.73. The van der Waals surface area contributed by atoms with Gasteiger partial charge in [-0.15, -0.1) is 0 Å². The van der Waals surface area contributed by atoms with E-state index >= 15 is 0 Å². The summed E-state index contributed by atoms with van der Waals surface area (Å²) < 4.78 is 13.7. The number of likely N-dealkylation sites (N-methyl/N-ethyl adjacent to an activating group) is 1. The quantitative estimate of drug-likeness (QED) is 0.422. The molecule has 1 aromatic carbocycles. The molecular formula is C23H26N6O2P2. The number of likely N-dealkylation sites (tertiary alicyclic amines) is 1. The molecule has 170 valence electrons. The maximum absolute atomic E-state index is 6.03. The Morgan fingerprint density at radius 2 is 2.00 bits per heavy atom. The number of rotatable bonds is 6. The van der Waals surface area contributed by atoms with Crippen molar-refractivity contribution in [2.45, 2.75) is 12.3 Å². The second-order valence-electron chi connectivity index (χ2n) is 8.09. The molecule has 10 heteroatoms. The highest BCUT2D eigenvalue weighted by atomic mass is 31.0. The van der Waals surface area contributed by atoms with E-state index in [2.05, 4.69) is 50.3 Å². The molecule has 0 aliphatic carbocycles. The van der Waals surface area contributed by atoms with E-state index in [4.69, 9.17) is 14.2 Å². The zero-order chi connectivity index (χ0) is 22.9. The average molecular weight is 480 g/mol. The summed E-state index contributed by atoms with van der Waals surface area (Å²) in [5, 5.41) is 4.07. The summed E-state index contributed by atoms with van der Waals surface area (Å²) in [6, 6.07) is 11.6. The summed E-state index contributed by atoms with van der Waals surface area (Å²) in [5.74, 6) is 3.59. The van der Waals surface area contributed by atoms with Crippen molar-refractivity contribution < 1.29 is 9.26 Å². The summed E-state index contributed by atoms with van der Waals surface area (Å²) in [5.41, 5.74) is 3.08. The summed E-state index contributed by atoms with van der Waals surface area (Å²) in [6.07, 6.45) is 4.62. The summed E-state index contributed by atoms with van der Waals surface area (Å²) in [6.45, 7) is 2.07. The maximum atomic E-state index is 6.03. The Balaban J connectivity index is 1.61. The van der Waals surface area contributed by atoms with Gasteiger partial charge in [-0.05, 0) is 56.4 Å². The Labute approximate surface area is 197 Å². The third-order valence-electron chi connectivity index (χ3n) is 5.92. The number of ether oxygens (including phenoxy) is 1. The molecule has 1 aliphatic rings. The lowest BCUT2D eigenvalue weighted by molar-refractivity contribution is 0.411. The molecule has 8 nitrogen and oxygen atoms in total. The number of imidazole rings is 1. The zero-order valence-electron chi connectivity index (χ0n) is 18.5. The smallest absolute Gasteiger partial charge is 0.226 e. The van der Waals surface area contributed by atoms with Gasteiger partial charge in [0.2, 0.25) is 11.8 Å². The van der Waals surface area contributed by atoms with E-state index in [1.54, 1.807) is 6.20 Å². The standard InChI is InChI=1S/C23H26N6O2P2/c1-24-23-26-10-7-16-20(15-8-11-28(2)13-15)27-21(29(16)23)14-5-6-17(18(12-14)31-33)30-22-19(32)4-3-9-25-22/h3-7,9-10,12,15H,8,11,13,32-33H2,1-2H3,(H,24,26). The molecular weight excluding hydrogens is 454 g/mol. The van der Waals surface area contributed by atoms with Gasteiger partial charge in [0.25, 0.3) is 0 Å². The molecule has 1 aliphatic heterocycles. The van der Waals surface area contributed by atoms with Gasteiger partial charge in [-0.2, -0.15) is 0 Å². The summed E-state index contributed by atoms with van der Waals surface area (Å²) in [7, 11) is 8.96. The van der Waals surface area contributed by atoms with Gasteiger partial charge in [0.05, 0.1) is 20.7 Å². The highest BCUT2D eigenvalue weighted by molar-refractivity contribution is 7.27. The molecule has 3 aromatic heterocycles. The van der Waals surface area contributed by atoms with Crippen LogP contribution >= 0.6 is 18.7 Å². The van der Waals surface area contributed by atoms with Gasteiger partial charge in [-0.25, -0.2) is 15.0 Å². The Morgan fingerprint density at radius 3 is 2.73 bits per heavy atom. The molecule has 4 heterocycles. The number of benzene rings is 1. The van der Waals surface area contributed by atoms with E-state index in [0.717, 1.165) is 53.4 Å².